The average molecular weight is 258 g/mol. The molecule has 1 aliphatic heterocycles. The molecule has 0 N–H and O–H groups in total. The van der Waals surface area contributed by atoms with Crippen molar-refractivity contribution in [3.8, 4) is 0 Å². The van der Waals surface area contributed by atoms with Crippen molar-refractivity contribution >= 4 is 5.97 Å². The molecule has 0 fully saturated rings. The lowest BCUT2D eigenvalue weighted by Gasteiger charge is -2.25. The maximum Gasteiger partial charge on any atom is 0.358 e. The number of ether oxygens (including phenoxy) is 2. The summed E-state index contributed by atoms with van der Waals surface area (Å²) in [6.45, 7) is 1.02. The van der Waals surface area contributed by atoms with Crippen molar-refractivity contribution in [2.75, 3.05) is 7.11 Å². The van der Waals surface area contributed by atoms with E-state index in [2.05, 4.69) is 4.98 Å². The molecule has 98 valence electrons. The molecule has 0 amide bonds. The van der Waals surface area contributed by atoms with Gasteiger partial charge in [0.2, 0.25) is 0 Å². The molecule has 1 atom stereocenters. The van der Waals surface area contributed by atoms with Gasteiger partial charge < -0.3 is 14.0 Å². The molecule has 5 nitrogen and oxygen atoms in total. The van der Waals surface area contributed by atoms with E-state index in [1.54, 1.807) is 6.33 Å². The summed E-state index contributed by atoms with van der Waals surface area (Å²) in [5, 5.41) is 0. The van der Waals surface area contributed by atoms with Gasteiger partial charge in [0.25, 0.3) is 0 Å². The lowest BCUT2D eigenvalue weighted by Crippen LogP contribution is -2.22. The Kier molecular flexibility index (Phi) is 3.05. The Balaban J connectivity index is 1.86. The Morgan fingerprint density at radius 2 is 2.21 bits per heavy atom. The normalized spacial score (nSPS) is 17.8. The molecule has 19 heavy (non-hydrogen) atoms. The Morgan fingerprint density at radius 1 is 1.42 bits per heavy atom. The van der Waals surface area contributed by atoms with Crippen LogP contribution in [-0.4, -0.2) is 22.6 Å². The lowest BCUT2D eigenvalue weighted by atomic mass is 10.1. The molecule has 0 saturated heterocycles. The fourth-order valence-corrected chi connectivity index (χ4v) is 2.26. The number of esters is 1. The van der Waals surface area contributed by atoms with Crippen LogP contribution in [0.4, 0.5) is 0 Å². The van der Waals surface area contributed by atoms with Crippen LogP contribution in [0.15, 0.2) is 36.7 Å². The molecule has 2 heterocycles. The quantitative estimate of drug-likeness (QED) is 0.772. The van der Waals surface area contributed by atoms with Gasteiger partial charge in [0.05, 0.1) is 32.3 Å². The zero-order valence-corrected chi connectivity index (χ0v) is 10.6. The molecule has 1 unspecified atom stereocenters. The van der Waals surface area contributed by atoms with Crippen molar-refractivity contribution in [2.45, 2.75) is 19.3 Å². The highest BCUT2D eigenvalue weighted by Gasteiger charge is 2.26. The van der Waals surface area contributed by atoms with Gasteiger partial charge in [-0.05, 0) is 5.56 Å². The smallest absolute Gasteiger partial charge is 0.358 e. The highest BCUT2D eigenvalue weighted by atomic mass is 16.5. The SMILES string of the molecule is COC(=O)c1ncn2c1COC(c1ccccc1)C2. The van der Waals surface area contributed by atoms with Crippen LogP contribution in [0.2, 0.25) is 0 Å². The van der Waals surface area contributed by atoms with Gasteiger partial charge in [-0.2, -0.15) is 0 Å². The number of benzene rings is 1. The van der Waals surface area contributed by atoms with Gasteiger partial charge in [-0.15, -0.1) is 0 Å². The zero-order valence-electron chi connectivity index (χ0n) is 10.6. The molecular formula is C14H14N2O3. The van der Waals surface area contributed by atoms with Crippen LogP contribution < -0.4 is 0 Å². The van der Waals surface area contributed by atoms with E-state index in [9.17, 15) is 4.79 Å². The largest absolute Gasteiger partial charge is 0.464 e. The maximum absolute atomic E-state index is 11.5. The number of hydrogen-bond donors (Lipinski definition) is 0. The summed E-state index contributed by atoms with van der Waals surface area (Å²) in [6, 6.07) is 10.0. The first-order chi connectivity index (χ1) is 9.29. The van der Waals surface area contributed by atoms with Crippen LogP contribution >= 0.6 is 0 Å². The molecule has 5 heteroatoms. The van der Waals surface area contributed by atoms with Crippen molar-refractivity contribution in [3.63, 3.8) is 0 Å². The van der Waals surface area contributed by atoms with Crippen LogP contribution in [0.5, 0.6) is 0 Å². The second kappa shape index (κ2) is 4.85. The zero-order chi connectivity index (χ0) is 13.2. The Labute approximate surface area is 110 Å². The lowest BCUT2D eigenvalue weighted by molar-refractivity contribution is 0.00202. The minimum Gasteiger partial charge on any atom is -0.464 e. The fourth-order valence-electron chi connectivity index (χ4n) is 2.26. The van der Waals surface area contributed by atoms with Gasteiger partial charge >= 0.3 is 5.97 Å². The highest BCUT2D eigenvalue weighted by molar-refractivity contribution is 5.88. The number of methoxy groups -OCH3 is 1. The maximum atomic E-state index is 11.5. The molecule has 0 radical (unpaired) electrons. The minimum absolute atomic E-state index is 0.00611. The van der Waals surface area contributed by atoms with Crippen LogP contribution in [0.1, 0.15) is 27.8 Å². The van der Waals surface area contributed by atoms with Crippen LogP contribution in [0, 0.1) is 0 Å². The third kappa shape index (κ3) is 2.13. The fraction of sp³-hybridized carbons (Fsp3) is 0.286. The van der Waals surface area contributed by atoms with E-state index in [0.717, 1.165) is 11.3 Å². The van der Waals surface area contributed by atoms with Gasteiger partial charge in [-0.25, -0.2) is 9.78 Å². The average Bonchev–Trinajstić information content (AvgIpc) is 2.90. The molecule has 1 aromatic carbocycles. The molecule has 3 rings (SSSR count). The molecule has 0 saturated carbocycles. The molecule has 1 aliphatic rings. The van der Waals surface area contributed by atoms with E-state index in [1.165, 1.54) is 7.11 Å². The molecule has 2 aromatic rings. The Hall–Kier alpha value is -2.14. The van der Waals surface area contributed by atoms with Crippen LogP contribution in [-0.2, 0) is 22.6 Å². The first kappa shape index (κ1) is 11.9. The van der Waals surface area contributed by atoms with Gasteiger partial charge in [-0.1, -0.05) is 30.3 Å². The number of carbonyl (C=O) groups excluding carboxylic acids is 1. The number of carbonyl (C=O) groups is 1. The second-order valence-corrected chi connectivity index (χ2v) is 4.39. The van der Waals surface area contributed by atoms with Gasteiger partial charge in [-0.3, -0.25) is 0 Å². The standard InChI is InChI=1S/C14H14N2O3/c1-18-14(17)13-11-8-19-12(7-16(11)9-15-13)10-5-3-2-4-6-10/h2-6,9,12H,7-8H2,1H3. The van der Waals surface area contributed by atoms with E-state index in [0.29, 0.717) is 18.8 Å². The number of fused-ring (bicyclic) bond motifs is 1. The predicted molar refractivity (Wildman–Crippen MR) is 67.5 cm³/mol. The predicted octanol–water partition coefficient (Wildman–Crippen LogP) is 1.94. The van der Waals surface area contributed by atoms with E-state index in [1.807, 2.05) is 34.9 Å². The van der Waals surface area contributed by atoms with Crippen molar-refractivity contribution in [2.24, 2.45) is 0 Å². The van der Waals surface area contributed by atoms with Crippen LogP contribution in [0.3, 0.4) is 0 Å². The van der Waals surface area contributed by atoms with Crippen molar-refractivity contribution in [3.05, 3.63) is 53.6 Å². The number of hydrogen-bond acceptors (Lipinski definition) is 4. The summed E-state index contributed by atoms with van der Waals surface area (Å²) in [5.41, 5.74) is 2.24. The minimum atomic E-state index is -0.421. The number of aromatic nitrogens is 2. The van der Waals surface area contributed by atoms with E-state index < -0.39 is 5.97 Å². The number of rotatable bonds is 2. The summed E-state index contributed by atoms with van der Waals surface area (Å²) in [7, 11) is 1.35. The summed E-state index contributed by atoms with van der Waals surface area (Å²) in [4.78, 5) is 15.6. The Bertz CT molecular complexity index is 592. The van der Waals surface area contributed by atoms with Gasteiger partial charge in [0, 0.05) is 0 Å². The van der Waals surface area contributed by atoms with E-state index in [-0.39, 0.29) is 6.10 Å². The van der Waals surface area contributed by atoms with Gasteiger partial charge in [0.1, 0.15) is 6.10 Å². The Morgan fingerprint density at radius 3 is 2.95 bits per heavy atom. The first-order valence-electron chi connectivity index (χ1n) is 6.08. The van der Waals surface area contributed by atoms with Crippen LogP contribution in [0.25, 0.3) is 0 Å². The number of nitrogens with zero attached hydrogens (tertiary/aromatic N) is 2. The third-order valence-corrected chi connectivity index (χ3v) is 3.28. The van der Waals surface area contributed by atoms with E-state index in [4.69, 9.17) is 9.47 Å². The molecule has 0 aliphatic carbocycles. The summed E-state index contributed by atoms with van der Waals surface area (Å²) in [6.07, 6.45) is 1.66. The second-order valence-electron chi connectivity index (χ2n) is 4.39. The molecule has 0 bridgehead atoms. The van der Waals surface area contributed by atoms with Crippen molar-refractivity contribution in [1.82, 2.24) is 9.55 Å². The summed E-state index contributed by atoms with van der Waals surface area (Å²) < 4.78 is 12.5. The van der Waals surface area contributed by atoms with Gasteiger partial charge in [0.15, 0.2) is 5.69 Å². The third-order valence-electron chi connectivity index (χ3n) is 3.28. The molecule has 0 spiro atoms. The molecular weight excluding hydrogens is 244 g/mol. The first-order valence-corrected chi connectivity index (χ1v) is 6.08. The van der Waals surface area contributed by atoms with E-state index >= 15 is 0 Å². The topological polar surface area (TPSA) is 53.3 Å². The summed E-state index contributed by atoms with van der Waals surface area (Å²) >= 11 is 0. The van der Waals surface area contributed by atoms with Crippen molar-refractivity contribution in [1.29, 1.82) is 0 Å². The monoisotopic (exact) mass is 258 g/mol. The summed E-state index contributed by atoms with van der Waals surface area (Å²) in [5.74, 6) is -0.421. The highest BCUT2D eigenvalue weighted by Crippen LogP contribution is 2.27. The van der Waals surface area contributed by atoms with Crippen molar-refractivity contribution < 1.29 is 14.3 Å². The number of imidazole rings is 1. The molecule has 1 aromatic heterocycles.